The molecule has 108 valence electrons. The van der Waals surface area contributed by atoms with Gasteiger partial charge in [0.25, 0.3) is 0 Å². The third-order valence-electron chi connectivity index (χ3n) is 6.17. The van der Waals surface area contributed by atoms with Gasteiger partial charge in [0.1, 0.15) is 0 Å². The summed E-state index contributed by atoms with van der Waals surface area (Å²) in [6.07, 6.45) is 6.35. The summed E-state index contributed by atoms with van der Waals surface area (Å²) in [4.78, 5) is 17.4. The second-order valence-electron chi connectivity index (χ2n) is 7.32. The summed E-state index contributed by atoms with van der Waals surface area (Å²) in [6.45, 7) is 3.60. The molecule has 2 bridgehead atoms. The number of nitrogens with zero attached hydrogens (tertiary/aromatic N) is 1. The lowest BCUT2D eigenvalue weighted by Gasteiger charge is -2.60. The van der Waals surface area contributed by atoms with E-state index in [2.05, 4.69) is 29.9 Å². The van der Waals surface area contributed by atoms with Gasteiger partial charge < -0.3 is 4.98 Å². The summed E-state index contributed by atoms with van der Waals surface area (Å²) in [5.41, 5.74) is 2.90. The van der Waals surface area contributed by atoms with Gasteiger partial charge >= 0.3 is 0 Å². The van der Waals surface area contributed by atoms with Crippen molar-refractivity contribution < 1.29 is 0 Å². The molecule has 1 aromatic heterocycles. The summed E-state index contributed by atoms with van der Waals surface area (Å²) in [7, 11) is 2.29. The lowest BCUT2D eigenvalue weighted by atomic mass is 9.53. The highest BCUT2D eigenvalue weighted by Crippen LogP contribution is 2.57. The molecule has 2 fully saturated rings. The Labute approximate surface area is 120 Å². The minimum Gasteiger partial charge on any atom is -0.326 e. The molecule has 3 nitrogen and oxygen atoms in total. The summed E-state index contributed by atoms with van der Waals surface area (Å²) in [5.74, 6) is 2.33. The second kappa shape index (κ2) is 4.20. The molecule has 0 amide bonds. The number of piperidine rings is 1. The first-order valence-electron chi connectivity index (χ1n) is 8.05. The minimum absolute atomic E-state index is 0.0585. The fourth-order valence-electron chi connectivity index (χ4n) is 5.59. The number of aromatic nitrogens is 1. The predicted molar refractivity (Wildman–Crippen MR) is 79.7 cm³/mol. The van der Waals surface area contributed by atoms with E-state index in [-0.39, 0.29) is 11.1 Å². The molecule has 0 radical (unpaired) electrons. The zero-order chi connectivity index (χ0) is 13.9. The Bertz CT molecular complexity index is 593. The van der Waals surface area contributed by atoms with Crippen LogP contribution in [0.2, 0.25) is 0 Å². The highest BCUT2D eigenvalue weighted by molar-refractivity contribution is 5.35. The Morgan fingerprint density at radius 2 is 2.25 bits per heavy atom. The van der Waals surface area contributed by atoms with Crippen molar-refractivity contribution in [3.05, 3.63) is 33.7 Å². The quantitative estimate of drug-likeness (QED) is 0.788. The van der Waals surface area contributed by atoms with Crippen LogP contribution in [-0.4, -0.2) is 23.5 Å². The van der Waals surface area contributed by atoms with Gasteiger partial charge in [-0.15, -0.1) is 0 Å². The van der Waals surface area contributed by atoms with Gasteiger partial charge in [-0.1, -0.05) is 6.92 Å². The molecule has 2 aliphatic carbocycles. The van der Waals surface area contributed by atoms with E-state index in [1.807, 2.05) is 0 Å². The lowest BCUT2D eigenvalue weighted by Crippen LogP contribution is -2.61. The smallest absolute Gasteiger partial charge is 0.248 e. The maximum Gasteiger partial charge on any atom is 0.248 e. The van der Waals surface area contributed by atoms with Crippen LogP contribution in [0.15, 0.2) is 16.9 Å². The highest BCUT2D eigenvalue weighted by atomic mass is 16.1. The average Bonchev–Trinajstić information content (AvgIpc) is 2.39. The largest absolute Gasteiger partial charge is 0.326 e. The zero-order valence-electron chi connectivity index (χ0n) is 12.5. The van der Waals surface area contributed by atoms with Crippen molar-refractivity contribution >= 4 is 0 Å². The summed E-state index contributed by atoms with van der Waals surface area (Å²) in [6, 6.07) is 3.85. The molecule has 1 saturated carbocycles. The van der Waals surface area contributed by atoms with Gasteiger partial charge in [0, 0.05) is 11.8 Å². The van der Waals surface area contributed by atoms with Gasteiger partial charge in [0.05, 0.1) is 5.54 Å². The number of H-pyrrole nitrogens is 1. The maximum absolute atomic E-state index is 11.7. The standard InChI is InChI=1S/C17H24N2O/c1-11-8-12-9-15-14(5-6-16(20)18-15)17(10-11)13(12)4-3-7-19(17)2/h5-6,11-13H,3-4,7-10H2,1-2H3,(H,18,20)/t11-,12-,13-,17+/m0/s1. The normalized spacial score (nSPS) is 40.0. The Kier molecular flexibility index (Phi) is 2.65. The summed E-state index contributed by atoms with van der Waals surface area (Å²) < 4.78 is 0. The molecule has 1 saturated heterocycles. The molecule has 4 rings (SSSR count). The van der Waals surface area contributed by atoms with Crippen LogP contribution >= 0.6 is 0 Å². The SMILES string of the molecule is C[C@H]1C[C@H]2Cc3[nH]c(=O)ccc3[C@@]3(C1)[C@H]2CCCN3C. The number of fused-ring (bicyclic) bond motifs is 1. The topological polar surface area (TPSA) is 36.1 Å². The van der Waals surface area contributed by atoms with Crippen molar-refractivity contribution in [2.75, 3.05) is 13.6 Å². The Hall–Kier alpha value is -1.09. The van der Waals surface area contributed by atoms with Crippen molar-refractivity contribution in [3.63, 3.8) is 0 Å². The second-order valence-corrected chi connectivity index (χ2v) is 7.32. The molecule has 0 aromatic carbocycles. The van der Waals surface area contributed by atoms with Crippen LogP contribution in [0.1, 0.15) is 43.9 Å². The van der Waals surface area contributed by atoms with Crippen LogP contribution in [0.25, 0.3) is 0 Å². The van der Waals surface area contributed by atoms with Crippen LogP contribution in [0.3, 0.4) is 0 Å². The number of rotatable bonds is 0. The molecule has 3 heteroatoms. The average molecular weight is 272 g/mol. The fraction of sp³-hybridized carbons (Fsp3) is 0.706. The Balaban J connectivity index is 1.95. The van der Waals surface area contributed by atoms with Gasteiger partial charge in [-0.25, -0.2) is 0 Å². The molecule has 3 aliphatic rings. The molecular weight excluding hydrogens is 248 g/mol. The molecule has 1 aromatic rings. The third kappa shape index (κ3) is 1.53. The lowest BCUT2D eigenvalue weighted by molar-refractivity contribution is -0.0790. The van der Waals surface area contributed by atoms with Gasteiger partial charge in [-0.3, -0.25) is 9.69 Å². The van der Waals surface area contributed by atoms with Crippen molar-refractivity contribution in [2.45, 2.75) is 44.6 Å². The number of hydrogen-bond acceptors (Lipinski definition) is 2. The Morgan fingerprint density at radius 3 is 3.10 bits per heavy atom. The van der Waals surface area contributed by atoms with Crippen LogP contribution in [-0.2, 0) is 12.0 Å². The van der Waals surface area contributed by atoms with E-state index >= 15 is 0 Å². The zero-order valence-corrected chi connectivity index (χ0v) is 12.5. The van der Waals surface area contributed by atoms with Crippen molar-refractivity contribution in [2.24, 2.45) is 17.8 Å². The van der Waals surface area contributed by atoms with E-state index in [9.17, 15) is 4.79 Å². The van der Waals surface area contributed by atoms with Crippen LogP contribution in [0.4, 0.5) is 0 Å². The van der Waals surface area contributed by atoms with E-state index in [1.165, 1.54) is 43.5 Å². The highest BCUT2D eigenvalue weighted by Gasteiger charge is 2.55. The van der Waals surface area contributed by atoms with Gasteiger partial charge in [0.2, 0.25) is 5.56 Å². The first-order chi connectivity index (χ1) is 9.61. The number of pyridine rings is 1. The van der Waals surface area contributed by atoms with Gasteiger partial charge in [-0.2, -0.15) is 0 Å². The molecule has 1 N–H and O–H groups in total. The third-order valence-corrected chi connectivity index (χ3v) is 6.17. The van der Waals surface area contributed by atoms with Crippen molar-refractivity contribution in [3.8, 4) is 0 Å². The number of aromatic amines is 1. The van der Waals surface area contributed by atoms with Gasteiger partial charge in [0.15, 0.2) is 0 Å². The summed E-state index contributed by atoms with van der Waals surface area (Å²) in [5, 5.41) is 0. The maximum atomic E-state index is 11.7. The molecular formula is C17H24N2O. The van der Waals surface area contributed by atoms with Crippen molar-refractivity contribution in [1.29, 1.82) is 0 Å². The van der Waals surface area contributed by atoms with E-state index in [0.29, 0.717) is 0 Å². The number of likely N-dealkylation sites (tertiary alicyclic amines) is 1. The van der Waals surface area contributed by atoms with Crippen LogP contribution in [0.5, 0.6) is 0 Å². The number of hydrogen-bond donors (Lipinski definition) is 1. The first kappa shape index (κ1) is 12.6. The molecule has 4 atom stereocenters. The monoisotopic (exact) mass is 272 g/mol. The molecule has 1 aliphatic heterocycles. The van der Waals surface area contributed by atoms with Gasteiger partial charge in [-0.05, 0) is 75.1 Å². The van der Waals surface area contributed by atoms with E-state index in [0.717, 1.165) is 24.2 Å². The number of nitrogens with one attached hydrogen (secondary N) is 1. The van der Waals surface area contributed by atoms with Crippen molar-refractivity contribution in [1.82, 2.24) is 9.88 Å². The summed E-state index contributed by atoms with van der Waals surface area (Å²) >= 11 is 0. The van der Waals surface area contributed by atoms with Crippen LogP contribution in [0, 0.1) is 17.8 Å². The first-order valence-corrected chi connectivity index (χ1v) is 8.05. The minimum atomic E-state index is 0.0585. The van der Waals surface area contributed by atoms with E-state index in [1.54, 1.807) is 6.07 Å². The van der Waals surface area contributed by atoms with E-state index in [4.69, 9.17) is 0 Å². The molecule has 0 spiro atoms. The van der Waals surface area contributed by atoms with E-state index < -0.39 is 0 Å². The Morgan fingerprint density at radius 1 is 1.40 bits per heavy atom. The molecule has 2 heterocycles. The van der Waals surface area contributed by atoms with Crippen LogP contribution < -0.4 is 5.56 Å². The molecule has 0 unspecified atom stereocenters. The molecule has 20 heavy (non-hydrogen) atoms. The fourth-order valence-corrected chi connectivity index (χ4v) is 5.59. The predicted octanol–water partition coefficient (Wildman–Crippen LogP) is 2.51.